The third-order valence-corrected chi connectivity index (χ3v) is 5.05. The van der Waals surface area contributed by atoms with Gasteiger partial charge < -0.3 is 9.67 Å². The van der Waals surface area contributed by atoms with E-state index in [1.54, 1.807) is 0 Å². The zero-order valence-electron chi connectivity index (χ0n) is 14.2. The SMILES string of the molecule is O=c1[nH][nH]c(=C2CCC2)c1=Cc1cn(CCCCO)c2ccccc12. The molecular formula is C20H23N3O2. The van der Waals surface area contributed by atoms with Crippen LogP contribution in [0.3, 0.4) is 0 Å². The molecule has 0 amide bonds. The first-order valence-electron chi connectivity index (χ1n) is 8.97. The number of rotatable bonds is 5. The molecule has 1 aliphatic carbocycles. The van der Waals surface area contributed by atoms with Crippen molar-refractivity contribution in [2.75, 3.05) is 6.61 Å². The van der Waals surface area contributed by atoms with Crippen LogP contribution in [0.1, 0.15) is 37.7 Å². The second kappa shape index (κ2) is 6.76. The molecule has 0 saturated heterocycles. The fourth-order valence-corrected chi connectivity index (χ4v) is 3.51. The average Bonchev–Trinajstić information content (AvgIpc) is 3.10. The Morgan fingerprint density at radius 1 is 1.16 bits per heavy atom. The van der Waals surface area contributed by atoms with Crippen LogP contribution in [0.25, 0.3) is 22.6 Å². The molecule has 3 N–H and O–H groups in total. The van der Waals surface area contributed by atoms with Crippen LogP contribution in [0.4, 0.5) is 0 Å². The summed E-state index contributed by atoms with van der Waals surface area (Å²) in [6.45, 7) is 1.08. The molecule has 25 heavy (non-hydrogen) atoms. The number of aliphatic hydroxyl groups excluding tert-OH is 1. The van der Waals surface area contributed by atoms with Crippen molar-refractivity contribution in [2.45, 2.75) is 38.6 Å². The molecule has 1 saturated carbocycles. The number of para-hydroxylation sites is 1. The van der Waals surface area contributed by atoms with Crippen molar-refractivity contribution in [1.29, 1.82) is 0 Å². The molecule has 3 aromatic rings. The van der Waals surface area contributed by atoms with E-state index in [1.165, 1.54) is 12.0 Å². The van der Waals surface area contributed by atoms with Crippen LogP contribution >= 0.6 is 0 Å². The Morgan fingerprint density at radius 2 is 2.00 bits per heavy atom. The van der Waals surface area contributed by atoms with Crippen LogP contribution in [-0.2, 0) is 6.54 Å². The minimum Gasteiger partial charge on any atom is -0.396 e. The van der Waals surface area contributed by atoms with Gasteiger partial charge in [0.1, 0.15) is 0 Å². The lowest BCUT2D eigenvalue weighted by molar-refractivity contribution is 0.281. The number of benzene rings is 1. The van der Waals surface area contributed by atoms with Crippen molar-refractivity contribution in [3.8, 4) is 0 Å². The summed E-state index contributed by atoms with van der Waals surface area (Å²) in [5, 5.41) is 17.7. The first kappa shape index (κ1) is 16.0. The first-order valence-corrected chi connectivity index (χ1v) is 8.97. The Bertz CT molecular complexity index is 1060. The molecule has 0 spiro atoms. The lowest BCUT2D eigenvalue weighted by Gasteiger charge is -2.14. The van der Waals surface area contributed by atoms with E-state index in [0.29, 0.717) is 0 Å². The summed E-state index contributed by atoms with van der Waals surface area (Å²) >= 11 is 0. The van der Waals surface area contributed by atoms with Crippen LogP contribution in [-0.4, -0.2) is 26.5 Å². The number of aromatic nitrogens is 3. The Labute approximate surface area is 145 Å². The molecule has 0 atom stereocenters. The van der Waals surface area contributed by atoms with E-state index in [-0.39, 0.29) is 12.2 Å². The highest BCUT2D eigenvalue weighted by atomic mass is 16.2. The van der Waals surface area contributed by atoms with Gasteiger partial charge in [-0.2, -0.15) is 0 Å². The molecule has 2 aromatic heterocycles. The maximum atomic E-state index is 12.3. The van der Waals surface area contributed by atoms with Gasteiger partial charge in [-0.05, 0) is 49.8 Å². The third-order valence-electron chi connectivity index (χ3n) is 5.05. The normalized spacial score (nSPS) is 15.1. The number of unbranched alkanes of at least 4 members (excludes halogenated alkanes) is 1. The number of nitrogens with one attached hydrogen (secondary N) is 2. The molecule has 5 heteroatoms. The third kappa shape index (κ3) is 2.96. The van der Waals surface area contributed by atoms with E-state index in [9.17, 15) is 4.79 Å². The van der Waals surface area contributed by atoms with Crippen molar-refractivity contribution in [2.24, 2.45) is 0 Å². The van der Waals surface area contributed by atoms with Crippen molar-refractivity contribution in [3.63, 3.8) is 0 Å². The molecule has 0 unspecified atom stereocenters. The molecule has 4 rings (SSSR count). The topological polar surface area (TPSA) is 73.8 Å². The van der Waals surface area contributed by atoms with Gasteiger partial charge in [-0.1, -0.05) is 18.2 Å². The Kier molecular flexibility index (Phi) is 4.32. The van der Waals surface area contributed by atoms with Crippen molar-refractivity contribution >= 4 is 22.6 Å². The van der Waals surface area contributed by atoms with Gasteiger partial charge in [-0.15, -0.1) is 0 Å². The van der Waals surface area contributed by atoms with Crippen LogP contribution in [0, 0.1) is 0 Å². The number of fused-ring (bicyclic) bond motifs is 1. The predicted octanol–water partition coefficient (Wildman–Crippen LogP) is 1.59. The highest BCUT2D eigenvalue weighted by Gasteiger charge is 2.12. The molecule has 0 radical (unpaired) electrons. The van der Waals surface area contributed by atoms with E-state index in [1.807, 2.05) is 18.2 Å². The van der Waals surface area contributed by atoms with Gasteiger partial charge in [-0.25, -0.2) is 0 Å². The first-order chi connectivity index (χ1) is 12.3. The summed E-state index contributed by atoms with van der Waals surface area (Å²) in [6, 6.07) is 8.27. The molecule has 130 valence electrons. The number of aryl methyl sites for hydroxylation is 1. The molecule has 5 nitrogen and oxygen atoms in total. The number of nitrogens with zero attached hydrogens (tertiary/aromatic N) is 1. The molecule has 2 heterocycles. The maximum absolute atomic E-state index is 12.3. The largest absolute Gasteiger partial charge is 0.396 e. The van der Waals surface area contributed by atoms with Crippen LogP contribution in [0.15, 0.2) is 35.3 Å². The van der Waals surface area contributed by atoms with Crippen molar-refractivity contribution in [3.05, 3.63) is 56.9 Å². The minimum absolute atomic E-state index is 0.0634. The number of aliphatic hydroxyl groups is 1. The fraction of sp³-hybridized carbons (Fsp3) is 0.350. The zero-order chi connectivity index (χ0) is 17.2. The summed E-state index contributed by atoms with van der Waals surface area (Å²) in [5.41, 5.74) is 3.49. The highest BCUT2D eigenvalue weighted by molar-refractivity contribution is 5.89. The zero-order valence-corrected chi connectivity index (χ0v) is 14.2. The predicted molar refractivity (Wildman–Crippen MR) is 99.7 cm³/mol. The quantitative estimate of drug-likeness (QED) is 0.619. The molecular weight excluding hydrogens is 314 g/mol. The van der Waals surface area contributed by atoms with Gasteiger partial charge in [0.25, 0.3) is 5.56 Å². The number of aromatic amines is 2. The van der Waals surface area contributed by atoms with Gasteiger partial charge in [0.05, 0.1) is 10.6 Å². The molecule has 1 aromatic carbocycles. The van der Waals surface area contributed by atoms with Gasteiger partial charge in [-0.3, -0.25) is 15.0 Å². The van der Waals surface area contributed by atoms with E-state index < -0.39 is 0 Å². The number of H-pyrrole nitrogens is 2. The summed E-state index contributed by atoms with van der Waals surface area (Å²) in [5.74, 6) is 0. The lowest BCUT2D eigenvalue weighted by atomic mass is 9.92. The van der Waals surface area contributed by atoms with E-state index in [0.717, 1.165) is 59.3 Å². The lowest BCUT2D eigenvalue weighted by Crippen LogP contribution is -2.36. The van der Waals surface area contributed by atoms with Crippen molar-refractivity contribution in [1.82, 2.24) is 14.8 Å². The van der Waals surface area contributed by atoms with E-state index in [2.05, 4.69) is 33.1 Å². The van der Waals surface area contributed by atoms with Crippen LogP contribution in [0.2, 0.25) is 0 Å². The minimum atomic E-state index is -0.0634. The standard InChI is InChI=1S/C20H23N3O2/c24-11-4-3-10-23-13-15(16-8-1-2-9-18(16)23)12-17-19(14-6-5-7-14)21-22-20(17)25/h1-2,8-9,12-13,21,24H,3-7,10-11H2,(H,22,25). The summed E-state index contributed by atoms with van der Waals surface area (Å²) in [7, 11) is 0. The molecule has 1 fully saturated rings. The van der Waals surface area contributed by atoms with Gasteiger partial charge in [0.15, 0.2) is 0 Å². The smallest absolute Gasteiger partial charge is 0.271 e. The molecule has 1 aliphatic rings. The van der Waals surface area contributed by atoms with Crippen LogP contribution < -0.4 is 16.1 Å². The number of hydrogen-bond acceptors (Lipinski definition) is 2. The Balaban J connectivity index is 1.86. The second-order valence-electron chi connectivity index (χ2n) is 6.69. The van der Waals surface area contributed by atoms with Gasteiger partial charge >= 0.3 is 0 Å². The number of hydrogen-bond donors (Lipinski definition) is 3. The van der Waals surface area contributed by atoms with Gasteiger partial charge in [0, 0.05) is 35.8 Å². The highest BCUT2D eigenvalue weighted by Crippen LogP contribution is 2.24. The van der Waals surface area contributed by atoms with Crippen molar-refractivity contribution < 1.29 is 5.11 Å². The van der Waals surface area contributed by atoms with Gasteiger partial charge in [0.2, 0.25) is 0 Å². The summed E-state index contributed by atoms with van der Waals surface area (Å²) in [6.07, 6.45) is 9.18. The molecule has 0 bridgehead atoms. The Morgan fingerprint density at radius 3 is 2.76 bits per heavy atom. The summed E-state index contributed by atoms with van der Waals surface area (Å²) in [4.78, 5) is 12.3. The average molecular weight is 337 g/mol. The van der Waals surface area contributed by atoms with E-state index >= 15 is 0 Å². The monoisotopic (exact) mass is 337 g/mol. The fourth-order valence-electron chi connectivity index (χ4n) is 3.51. The van der Waals surface area contributed by atoms with E-state index in [4.69, 9.17) is 5.11 Å². The Hall–Kier alpha value is -2.53. The molecule has 0 aliphatic heterocycles. The second-order valence-corrected chi connectivity index (χ2v) is 6.69. The van der Waals surface area contributed by atoms with Crippen LogP contribution in [0.5, 0.6) is 0 Å². The maximum Gasteiger partial charge on any atom is 0.271 e. The summed E-state index contributed by atoms with van der Waals surface area (Å²) < 4.78 is 2.22.